The van der Waals surface area contributed by atoms with Crippen LogP contribution in [0.1, 0.15) is 45.1 Å². The third-order valence-electron chi connectivity index (χ3n) is 10.8. The number of carbonyl (C=O) groups is 1. The molecule has 3 saturated heterocycles. The van der Waals surface area contributed by atoms with Crippen molar-refractivity contribution in [2.45, 2.75) is 69.9 Å². The maximum absolute atomic E-state index is 16.9. The molecule has 2 bridgehead atoms. The fourth-order valence-electron chi connectivity index (χ4n) is 8.31. The highest BCUT2D eigenvalue weighted by molar-refractivity contribution is 6.32. The number of nitrogen functional groups attached to an aromatic ring is 1. The molecule has 4 atom stereocenters. The SMILES string of the molecule is C/C=C/C(=O)N1[C@@H]2CC[C@H]1[C@H]1[C@H](C)Oc3nc(-c4cc(N)cc(Cl)c4C(F)(F)F)c(F)c4nc(OCC5(CN6CCOCC6)CC5)nc(c34)N1C2. The van der Waals surface area contributed by atoms with Gasteiger partial charge >= 0.3 is 12.2 Å². The summed E-state index contributed by atoms with van der Waals surface area (Å²) in [5, 5.41) is -0.580. The van der Waals surface area contributed by atoms with Gasteiger partial charge in [0.2, 0.25) is 11.8 Å². The number of halogens is 5. The highest BCUT2D eigenvalue weighted by Gasteiger charge is 2.53. The minimum Gasteiger partial charge on any atom is -0.472 e. The Morgan fingerprint density at radius 3 is 2.65 bits per heavy atom. The Balaban J connectivity index is 1.27. The Hall–Kier alpha value is -3.95. The number of alkyl halides is 3. The molecular weight excluding hydrogens is 694 g/mol. The van der Waals surface area contributed by atoms with E-state index in [-0.39, 0.29) is 58.5 Å². The standard InChI is InChI=1S/C35H38ClF4N7O4/c1-3-4-24(48)47-20-5-6-23(47)30-18(2)51-32-25-29(27(37)28(42-32)21-13-19(41)14-22(36)26(21)35(38,39)40)43-33(44-31(25)46(30)15-20)50-17-34(7-8-34)16-45-9-11-49-12-10-45/h3-4,13-14,18,20,23,30H,5-12,15-17,41H2,1-2H3/b4-3+/t18-,20+,23-,30+/m0/s1. The van der Waals surface area contributed by atoms with Crippen molar-refractivity contribution in [1.29, 1.82) is 0 Å². The van der Waals surface area contributed by atoms with E-state index in [9.17, 15) is 18.0 Å². The van der Waals surface area contributed by atoms with Crippen molar-refractivity contribution >= 4 is 39.9 Å². The van der Waals surface area contributed by atoms with Gasteiger partial charge in [-0.2, -0.15) is 23.1 Å². The van der Waals surface area contributed by atoms with Gasteiger partial charge in [0.15, 0.2) is 5.82 Å². The average Bonchev–Trinajstić information content (AvgIpc) is 3.79. The monoisotopic (exact) mass is 731 g/mol. The van der Waals surface area contributed by atoms with Gasteiger partial charge in [0.25, 0.3) is 0 Å². The van der Waals surface area contributed by atoms with Crippen LogP contribution in [0.25, 0.3) is 22.2 Å². The number of pyridine rings is 1. The van der Waals surface area contributed by atoms with E-state index in [0.717, 1.165) is 51.0 Å². The van der Waals surface area contributed by atoms with Gasteiger partial charge in [-0.1, -0.05) is 17.7 Å². The number of anilines is 2. The van der Waals surface area contributed by atoms with Crippen molar-refractivity contribution in [2.75, 3.05) is 56.6 Å². The third-order valence-corrected chi connectivity index (χ3v) is 11.1. The van der Waals surface area contributed by atoms with E-state index in [1.165, 1.54) is 6.08 Å². The largest absolute Gasteiger partial charge is 0.472 e. The van der Waals surface area contributed by atoms with Crippen LogP contribution < -0.4 is 20.1 Å². The Morgan fingerprint density at radius 1 is 1.18 bits per heavy atom. The van der Waals surface area contributed by atoms with Gasteiger partial charge in [-0.3, -0.25) is 9.69 Å². The Labute approximate surface area is 296 Å². The second-order valence-corrected chi connectivity index (χ2v) is 14.7. The molecule has 2 aromatic heterocycles. The number of fused-ring (bicyclic) bond motifs is 5. The summed E-state index contributed by atoms with van der Waals surface area (Å²) in [6.45, 7) is 8.01. The molecular formula is C35H38ClF4N7O4. The number of nitrogens with zero attached hydrogens (tertiary/aromatic N) is 6. The quantitative estimate of drug-likeness (QED) is 0.190. The minimum absolute atomic E-state index is 0.106. The summed E-state index contributed by atoms with van der Waals surface area (Å²) in [5.41, 5.74) is 2.81. The van der Waals surface area contributed by atoms with Gasteiger partial charge < -0.3 is 29.7 Å². The second kappa shape index (κ2) is 12.6. The lowest BCUT2D eigenvalue weighted by Crippen LogP contribution is -2.64. The number of ether oxygens (including phenoxy) is 3. The fourth-order valence-corrected chi connectivity index (χ4v) is 8.65. The number of rotatable bonds is 7. The van der Waals surface area contributed by atoms with Crippen LogP contribution in [0, 0.1) is 11.2 Å². The number of hydrogen-bond acceptors (Lipinski definition) is 10. The molecule has 16 heteroatoms. The highest BCUT2D eigenvalue weighted by atomic mass is 35.5. The van der Waals surface area contributed by atoms with Gasteiger partial charge in [0, 0.05) is 42.8 Å². The van der Waals surface area contributed by atoms with Gasteiger partial charge in [-0.15, -0.1) is 0 Å². The summed E-state index contributed by atoms with van der Waals surface area (Å²) in [7, 11) is 0. The van der Waals surface area contributed by atoms with Crippen LogP contribution in [-0.2, 0) is 15.7 Å². The highest BCUT2D eigenvalue weighted by Crippen LogP contribution is 2.50. The lowest BCUT2D eigenvalue weighted by Gasteiger charge is -2.48. The molecule has 51 heavy (non-hydrogen) atoms. The van der Waals surface area contributed by atoms with E-state index in [1.807, 2.05) is 16.7 Å². The van der Waals surface area contributed by atoms with Crippen LogP contribution in [0.3, 0.4) is 0 Å². The molecule has 1 aromatic carbocycles. The molecule has 272 valence electrons. The number of amides is 1. The molecule has 5 aliphatic rings. The molecule has 6 heterocycles. The number of hydrogen-bond donors (Lipinski definition) is 1. The van der Waals surface area contributed by atoms with E-state index >= 15 is 4.39 Å². The Kier molecular flexibility index (Phi) is 8.45. The van der Waals surface area contributed by atoms with Crippen molar-refractivity contribution in [3.05, 3.63) is 40.7 Å². The Morgan fingerprint density at radius 2 is 1.94 bits per heavy atom. The molecule has 4 fully saturated rings. The van der Waals surface area contributed by atoms with Crippen LogP contribution in [0.2, 0.25) is 5.02 Å². The maximum Gasteiger partial charge on any atom is 0.418 e. The van der Waals surface area contributed by atoms with E-state index in [1.54, 1.807) is 13.0 Å². The number of nitrogens with two attached hydrogens (primary N) is 1. The molecule has 3 aromatic rings. The van der Waals surface area contributed by atoms with Crippen molar-refractivity contribution in [3.8, 4) is 23.1 Å². The number of aromatic nitrogens is 3. The first-order valence-corrected chi connectivity index (χ1v) is 17.6. The van der Waals surface area contributed by atoms with Crippen LogP contribution in [0.5, 0.6) is 11.9 Å². The first-order chi connectivity index (χ1) is 24.4. The zero-order valence-electron chi connectivity index (χ0n) is 28.2. The molecule has 1 saturated carbocycles. The van der Waals surface area contributed by atoms with Crippen molar-refractivity contribution < 1.29 is 36.6 Å². The van der Waals surface area contributed by atoms with Crippen molar-refractivity contribution in [3.63, 3.8) is 0 Å². The van der Waals surface area contributed by atoms with Crippen LogP contribution in [0.4, 0.5) is 29.1 Å². The van der Waals surface area contributed by atoms with Gasteiger partial charge in [0.1, 0.15) is 28.5 Å². The second-order valence-electron chi connectivity index (χ2n) is 14.2. The fraction of sp³-hybridized carbons (Fsp3) is 0.543. The average molecular weight is 732 g/mol. The number of morpholine rings is 1. The van der Waals surface area contributed by atoms with Gasteiger partial charge in [-0.25, -0.2) is 9.37 Å². The third kappa shape index (κ3) is 6.00. The Bertz CT molecular complexity index is 1920. The first kappa shape index (κ1) is 34.2. The summed E-state index contributed by atoms with van der Waals surface area (Å²) in [5.74, 6) is -1.07. The number of benzene rings is 1. The molecule has 2 N–H and O–H groups in total. The summed E-state index contributed by atoms with van der Waals surface area (Å²) in [6, 6.07) is 0.986. The normalized spacial score (nSPS) is 25.5. The summed E-state index contributed by atoms with van der Waals surface area (Å²) in [6.07, 6.45) is 0.964. The lowest BCUT2D eigenvalue weighted by atomic mass is 9.97. The topological polar surface area (TPSA) is 119 Å². The van der Waals surface area contributed by atoms with Crippen LogP contribution in [-0.4, -0.2) is 101 Å². The molecule has 8 rings (SSSR count). The van der Waals surface area contributed by atoms with E-state index in [2.05, 4.69) is 14.9 Å². The molecule has 1 amide bonds. The first-order valence-electron chi connectivity index (χ1n) is 17.3. The molecule has 1 aliphatic carbocycles. The van der Waals surface area contributed by atoms with Crippen molar-refractivity contribution in [1.82, 2.24) is 24.8 Å². The molecule has 4 aliphatic heterocycles. The molecule has 0 spiro atoms. The van der Waals surface area contributed by atoms with E-state index in [4.69, 9.17) is 36.5 Å². The minimum atomic E-state index is -4.96. The molecule has 11 nitrogen and oxygen atoms in total. The molecule has 0 radical (unpaired) electrons. The smallest absolute Gasteiger partial charge is 0.418 e. The number of carbonyl (C=O) groups excluding carboxylic acids is 1. The zero-order valence-corrected chi connectivity index (χ0v) is 28.9. The molecule has 0 unspecified atom stereocenters. The van der Waals surface area contributed by atoms with E-state index < -0.39 is 46.0 Å². The lowest BCUT2D eigenvalue weighted by molar-refractivity contribution is -0.137. The maximum atomic E-state index is 16.9. The summed E-state index contributed by atoms with van der Waals surface area (Å²) in [4.78, 5) is 33.2. The zero-order chi connectivity index (χ0) is 35.8. The van der Waals surface area contributed by atoms with Crippen LogP contribution >= 0.6 is 11.6 Å². The predicted molar refractivity (Wildman–Crippen MR) is 181 cm³/mol. The van der Waals surface area contributed by atoms with Crippen molar-refractivity contribution in [2.24, 2.45) is 5.41 Å². The van der Waals surface area contributed by atoms with Crippen LogP contribution in [0.15, 0.2) is 24.3 Å². The van der Waals surface area contributed by atoms with Gasteiger partial charge in [0.05, 0.1) is 48.5 Å². The summed E-state index contributed by atoms with van der Waals surface area (Å²) < 4.78 is 78.5. The van der Waals surface area contributed by atoms with Gasteiger partial charge in [-0.05, 0) is 57.7 Å². The van der Waals surface area contributed by atoms with E-state index in [0.29, 0.717) is 32.0 Å². The number of piperazine rings is 1. The number of allylic oxidation sites excluding steroid dienone is 1. The summed E-state index contributed by atoms with van der Waals surface area (Å²) >= 11 is 6.08. The predicted octanol–water partition coefficient (Wildman–Crippen LogP) is 5.48.